The standard InChI is InChI=1S/C21H22N2O3S/c1-14-10-21(23-19-11-17(26-3)8-9-18(14)19)27-13-20(24)22-12-15-4-6-16(25-2)7-5-15/h4-11H,12-13H2,1-3H3,(H,22,24). The van der Waals surface area contributed by atoms with E-state index in [0.29, 0.717) is 12.3 Å². The quantitative estimate of drug-likeness (QED) is 0.627. The van der Waals surface area contributed by atoms with E-state index in [-0.39, 0.29) is 5.91 Å². The van der Waals surface area contributed by atoms with Crippen LogP contribution in [0.25, 0.3) is 10.9 Å². The van der Waals surface area contributed by atoms with E-state index in [0.717, 1.165) is 38.6 Å². The molecule has 1 N–H and O–H groups in total. The van der Waals surface area contributed by atoms with Gasteiger partial charge in [0.15, 0.2) is 0 Å². The number of fused-ring (bicyclic) bond motifs is 1. The highest BCUT2D eigenvalue weighted by atomic mass is 32.2. The summed E-state index contributed by atoms with van der Waals surface area (Å²) in [6, 6.07) is 15.5. The van der Waals surface area contributed by atoms with Gasteiger partial charge in [-0.3, -0.25) is 4.79 Å². The molecule has 0 spiro atoms. The number of pyridine rings is 1. The fourth-order valence-electron chi connectivity index (χ4n) is 2.69. The predicted molar refractivity (Wildman–Crippen MR) is 109 cm³/mol. The molecular weight excluding hydrogens is 360 g/mol. The van der Waals surface area contributed by atoms with E-state index in [9.17, 15) is 4.79 Å². The molecule has 6 heteroatoms. The van der Waals surface area contributed by atoms with Crippen LogP contribution in [0.15, 0.2) is 53.6 Å². The number of ether oxygens (including phenoxy) is 2. The second-order valence-corrected chi connectivity index (χ2v) is 7.07. The molecule has 2 aromatic carbocycles. The van der Waals surface area contributed by atoms with E-state index in [4.69, 9.17) is 9.47 Å². The van der Waals surface area contributed by atoms with Crippen LogP contribution in [-0.4, -0.2) is 30.9 Å². The van der Waals surface area contributed by atoms with E-state index >= 15 is 0 Å². The van der Waals surface area contributed by atoms with Crippen LogP contribution in [0.5, 0.6) is 11.5 Å². The number of hydrogen-bond acceptors (Lipinski definition) is 5. The van der Waals surface area contributed by atoms with E-state index in [2.05, 4.69) is 10.3 Å². The van der Waals surface area contributed by atoms with Crippen LogP contribution >= 0.6 is 11.8 Å². The Balaban J connectivity index is 1.59. The smallest absolute Gasteiger partial charge is 0.230 e. The largest absolute Gasteiger partial charge is 0.497 e. The van der Waals surface area contributed by atoms with Crippen molar-refractivity contribution in [2.24, 2.45) is 0 Å². The summed E-state index contributed by atoms with van der Waals surface area (Å²) in [5, 5.41) is 4.84. The van der Waals surface area contributed by atoms with Gasteiger partial charge in [0.2, 0.25) is 5.91 Å². The van der Waals surface area contributed by atoms with Gasteiger partial charge in [0.25, 0.3) is 0 Å². The predicted octanol–water partition coefficient (Wildman–Crippen LogP) is 3.97. The SMILES string of the molecule is COc1ccc(CNC(=O)CSc2cc(C)c3ccc(OC)cc3n2)cc1. The molecule has 3 aromatic rings. The number of aryl methyl sites for hydroxylation is 1. The Labute approximate surface area is 163 Å². The number of aromatic nitrogens is 1. The topological polar surface area (TPSA) is 60.5 Å². The number of benzene rings is 2. The second-order valence-electron chi connectivity index (χ2n) is 6.07. The Kier molecular flexibility index (Phi) is 6.19. The summed E-state index contributed by atoms with van der Waals surface area (Å²) < 4.78 is 10.4. The third-order valence-electron chi connectivity index (χ3n) is 4.20. The minimum absolute atomic E-state index is 0.0268. The molecule has 27 heavy (non-hydrogen) atoms. The van der Waals surface area contributed by atoms with Crippen molar-refractivity contribution >= 4 is 28.6 Å². The molecule has 1 aromatic heterocycles. The van der Waals surface area contributed by atoms with Crippen molar-refractivity contribution in [3.8, 4) is 11.5 Å². The van der Waals surface area contributed by atoms with Crippen molar-refractivity contribution in [3.63, 3.8) is 0 Å². The van der Waals surface area contributed by atoms with Crippen LogP contribution < -0.4 is 14.8 Å². The number of rotatable bonds is 7. The molecule has 0 saturated heterocycles. The second kappa shape index (κ2) is 8.77. The summed E-state index contributed by atoms with van der Waals surface area (Å²) in [6.07, 6.45) is 0. The fourth-order valence-corrected chi connectivity index (χ4v) is 3.49. The van der Waals surface area contributed by atoms with Crippen LogP contribution in [0.1, 0.15) is 11.1 Å². The lowest BCUT2D eigenvalue weighted by Crippen LogP contribution is -2.24. The van der Waals surface area contributed by atoms with Crippen molar-refractivity contribution in [2.45, 2.75) is 18.5 Å². The number of nitrogens with one attached hydrogen (secondary N) is 1. The van der Waals surface area contributed by atoms with Crippen LogP contribution in [0.3, 0.4) is 0 Å². The summed E-state index contributed by atoms with van der Waals surface area (Å²) in [5.74, 6) is 1.86. The maximum atomic E-state index is 12.2. The third kappa shape index (κ3) is 4.92. The molecule has 1 amide bonds. The fraction of sp³-hybridized carbons (Fsp3) is 0.238. The van der Waals surface area contributed by atoms with Crippen LogP contribution in [0.2, 0.25) is 0 Å². The number of methoxy groups -OCH3 is 2. The van der Waals surface area contributed by atoms with Crippen molar-refractivity contribution in [2.75, 3.05) is 20.0 Å². The van der Waals surface area contributed by atoms with Gasteiger partial charge in [-0.1, -0.05) is 23.9 Å². The van der Waals surface area contributed by atoms with Crippen molar-refractivity contribution in [1.29, 1.82) is 0 Å². The lowest BCUT2D eigenvalue weighted by Gasteiger charge is -2.09. The van der Waals surface area contributed by atoms with Crippen LogP contribution in [0.4, 0.5) is 0 Å². The lowest BCUT2D eigenvalue weighted by atomic mass is 10.1. The monoisotopic (exact) mass is 382 g/mol. The van der Waals surface area contributed by atoms with Crippen LogP contribution in [0, 0.1) is 6.92 Å². The summed E-state index contributed by atoms with van der Waals surface area (Å²) in [4.78, 5) is 16.8. The summed E-state index contributed by atoms with van der Waals surface area (Å²) in [6.45, 7) is 2.54. The highest BCUT2D eigenvalue weighted by molar-refractivity contribution is 7.99. The van der Waals surface area contributed by atoms with Crippen molar-refractivity contribution < 1.29 is 14.3 Å². The average molecular weight is 382 g/mol. The first kappa shape index (κ1) is 19.0. The zero-order valence-electron chi connectivity index (χ0n) is 15.6. The van der Waals surface area contributed by atoms with E-state index in [1.807, 2.05) is 55.5 Å². The van der Waals surface area contributed by atoms with Crippen molar-refractivity contribution in [1.82, 2.24) is 10.3 Å². The van der Waals surface area contributed by atoms with Gasteiger partial charge in [0.1, 0.15) is 11.5 Å². The van der Waals surface area contributed by atoms with Crippen molar-refractivity contribution in [3.05, 3.63) is 59.7 Å². The molecule has 140 valence electrons. The normalized spacial score (nSPS) is 10.6. The molecule has 0 aliphatic rings. The van der Waals surface area contributed by atoms with Gasteiger partial charge in [0, 0.05) is 18.0 Å². The summed E-state index contributed by atoms with van der Waals surface area (Å²) >= 11 is 1.43. The molecule has 3 rings (SSSR count). The molecule has 0 bridgehead atoms. The van der Waals surface area contributed by atoms with Gasteiger partial charge in [-0.05, 0) is 48.4 Å². The maximum absolute atomic E-state index is 12.2. The first-order valence-electron chi connectivity index (χ1n) is 8.57. The maximum Gasteiger partial charge on any atom is 0.230 e. The Morgan fingerprint density at radius 2 is 1.74 bits per heavy atom. The molecule has 0 radical (unpaired) electrons. The minimum Gasteiger partial charge on any atom is -0.497 e. The molecule has 0 atom stereocenters. The minimum atomic E-state index is -0.0268. The molecular formula is C21H22N2O3S. The van der Waals surface area contributed by atoms with E-state index in [1.54, 1.807) is 14.2 Å². The van der Waals surface area contributed by atoms with Gasteiger partial charge < -0.3 is 14.8 Å². The first-order valence-corrected chi connectivity index (χ1v) is 9.55. The highest BCUT2D eigenvalue weighted by Crippen LogP contribution is 2.26. The van der Waals surface area contributed by atoms with Crippen LogP contribution in [-0.2, 0) is 11.3 Å². The Morgan fingerprint density at radius 3 is 2.44 bits per heavy atom. The molecule has 0 unspecified atom stereocenters. The van der Waals surface area contributed by atoms with E-state index in [1.165, 1.54) is 11.8 Å². The third-order valence-corrected chi connectivity index (χ3v) is 5.11. The summed E-state index contributed by atoms with van der Waals surface area (Å²) in [5.41, 5.74) is 3.03. The van der Waals surface area contributed by atoms with E-state index < -0.39 is 0 Å². The number of hydrogen-bond donors (Lipinski definition) is 1. The number of carbonyl (C=O) groups is 1. The number of carbonyl (C=O) groups excluding carboxylic acids is 1. The van der Waals surface area contributed by atoms with Gasteiger partial charge in [-0.15, -0.1) is 0 Å². The number of nitrogens with zero attached hydrogens (tertiary/aromatic N) is 1. The Hall–Kier alpha value is -2.73. The zero-order chi connectivity index (χ0) is 19.2. The Bertz CT molecular complexity index is 942. The lowest BCUT2D eigenvalue weighted by molar-refractivity contribution is -0.118. The van der Waals surface area contributed by atoms with Gasteiger partial charge in [0.05, 0.1) is 30.5 Å². The first-order chi connectivity index (χ1) is 13.1. The molecule has 0 aliphatic heterocycles. The molecule has 1 heterocycles. The molecule has 0 aliphatic carbocycles. The zero-order valence-corrected chi connectivity index (χ0v) is 16.4. The average Bonchev–Trinajstić information content (AvgIpc) is 2.70. The highest BCUT2D eigenvalue weighted by Gasteiger charge is 2.08. The van der Waals surface area contributed by atoms with Gasteiger partial charge in [-0.25, -0.2) is 4.98 Å². The summed E-state index contributed by atoms with van der Waals surface area (Å²) in [7, 11) is 3.27. The molecule has 0 fully saturated rings. The number of amides is 1. The van der Waals surface area contributed by atoms with Gasteiger partial charge in [-0.2, -0.15) is 0 Å². The number of thioether (sulfide) groups is 1. The Morgan fingerprint density at radius 1 is 1.04 bits per heavy atom. The molecule has 5 nitrogen and oxygen atoms in total. The van der Waals surface area contributed by atoms with Gasteiger partial charge >= 0.3 is 0 Å². The molecule has 0 saturated carbocycles.